The van der Waals surface area contributed by atoms with E-state index in [1.54, 1.807) is 4.90 Å². The lowest BCUT2D eigenvalue weighted by Crippen LogP contribution is -2.42. The molecule has 0 aromatic heterocycles. The van der Waals surface area contributed by atoms with Crippen molar-refractivity contribution in [2.24, 2.45) is 0 Å². The third-order valence-electron chi connectivity index (χ3n) is 2.30. The van der Waals surface area contributed by atoms with Crippen molar-refractivity contribution in [1.82, 2.24) is 4.90 Å². The summed E-state index contributed by atoms with van der Waals surface area (Å²) in [6.45, 7) is 13.8. The van der Waals surface area contributed by atoms with E-state index in [-0.39, 0.29) is 12.1 Å². The molecule has 1 fully saturated rings. The maximum Gasteiger partial charge on any atom is 0.410 e. The van der Waals surface area contributed by atoms with Gasteiger partial charge in [0.05, 0.1) is 0 Å². The molecule has 84 valence electrons. The average molecular weight is 210 g/mol. The summed E-state index contributed by atoms with van der Waals surface area (Å²) < 4.78 is 5.26. The van der Waals surface area contributed by atoms with Crippen molar-refractivity contribution in [3.8, 4) is 0 Å². The van der Waals surface area contributed by atoms with Crippen molar-refractivity contribution < 1.29 is 9.53 Å². The largest absolute Gasteiger partial charge is 0.444 e. The van der Waals surface area contributed by atoms with Gasteiger partial charge < -0.3 is 14.5 Å². The van der Waals surface area contributed by atoms with Gasteiger partial charge in [-0.3, -0.25) is 0 Å². The molecule has 0 spiro atoms. The van der Waals surface area contributed by atoms with Crippen molar-refractivity contribution in [2.75, 3.05) is 13.1 Å². The van der Waals surface area contributed by atoms with Crippen LogP contribution in [0.25, 0.3) is 4.85 Å². The SMILES string of the molecule is [C-]#[N+]C1CCN(C(=O)OC(C)(C)C)CC1. The van der Waals surface area contributed by atoms with Gasteiger partial charge >= 0.3 is 6.09 Å². The molecule has 0 atom stereocenters. The number of hydrogen-bond donors (Lipinski definition) is 0. The van der Waals surface area contributed by atoms with Crippen LogP contribution in [-0.2, 0) is 4.74 Å². The molecular formula is C11H18N2O2. The molecule has 0 saturated carbocycles. The first-order valence-corrected chi connectivity index (χ1v) is 5.27. The molecule has 0 N–H and O–H groups in total. The number of carbonyl (C=O) groups excluding carboxylic acids is 1. The summed E-state index contributed by atoms with van der Waals surface area (Å²) in [5.74, 6) is 0. The molecule has 0 aromatic rings. The van der Waals surface area contributed by atoms with Gasteiger partial charge in [0.1, 0.15) is 5.60 Å². The van der Waals surface area contributed by atoms with E-state index in [0.29, 0.717) is 13.1 Å². The number of nitrogens with zero attached hydrogens (tertiary/aromatic N) is 2. The molecule has 1 saturated heterocycles. The smallest absolute Gasteiger partial charge is 0.410 e. The van der Waals surface area contributed by atoms with Gasteiger partial charge in [-0.2, -0.15) is 0 Å². The van der Waals surface area contributed by atoms with E-state index in [1.807, 2.05) is 20.8 Å². The molecule has 1 aliphatic rings. The van der Waals surface area contributed by atoms with Gasteiger partial charge in [0, 0.05) is 25.9 Å². The Bertz CT molecular complexity index is 267. The van der Waals surface area contributed by atoms with E-state index in [1.165, 1.54) is 0 Å². The Morgan fingerprint density at radius 1 is 1.40 bits per heavy atom. The molecule has 1 heterocycles. The summed E-state index contributed by atoms with van der Waals surface area (Å²) >= 11 is 0. The highest BCUT2D eigenvalue weighted by molar-refractivity contribution is 5.68. The number of carbonyl (C=O) groups is 1. The Hall–Kier alpha value is -1.24. The molecule has 0 unspecified atom stereocenters. The molecule has 0 radical (unpaired) electrons. The predicted octanol–water partition coefficient (Wildman–Crippen LogP) is 2.31. The van der Waals surface area contributed by atoms with Gasteiger partial charge in [-0.1, -0.05) is 0 Å². The fraction of sp³-hybridized carbons (Fsp3) is 0.818. The highest BCUT2D eigenvalue weighted by Crippen LogP contribution is 2.16. The van der Waals surface area contributed by atoms with E-state index in [9.17, 15) is 4.79 Å². The molecule has 0 aromatic carbocycles. The third kappa shape index (κ3) is 3.78. The van der Waals surface area contributed by atoms with Gasteiger partial charge in [-0.25, -0.2) is 11.4 Å². The number of piperidine rings is 1. The highest BCUT2D eigenvalue weighted by Gasteiger charge is 2.28. The van der Waals surface area contributed by atoms with Crippen molar-refractivity contribution in [3.05, 3.63) is 11.4 Å². The Kier molecular flexibility index (Phi) is 3.57. The second-order valence-electron chi connectivity index (χ2n) is 4.83. The van der Waals surface area contributed by atoms with E-state index in [4.69, 9.17) is 11.3 Å². The Morgan fingerprint density at radius 3 is 2.33 bits per heavy atom. The van der Waals surface area contributed by atoms with Gasteiger partial charge in [0.2, 0.25) is 6.04 Å². The van der Waals surface area contributed by atoms with Crippen LogP contribution in [0.2, 0.25) is 0 Å². The first kappa shape index (κ1) is 11.8. The summed E-state index contributed by atoms with van der Waals surface area (Å²) in [7, 11) is 0. The summed E-state index contributed by atoms with van der Waals surface area (Å²) in [4.78, 5) is 16.8. The highest BCUT2D eigenvalue weighted by atomic mass is 16.6. The molecule has 4 heteroatoms. The first-order chi connectivity index (χ1) is 6.92. The van der Waals surface area contributed by atoms with Crippen LogP contribution >= 0.6 is 0 Å². The van der Waals surface area contributed by atoms with Crippen LogP contribution in [0.5, 0.6) is 0 Å². The summed E-state index contributed by atoms with van der Waals surface area (Å²) in [6, 6.07) is 0.0867. The normalized spacial score (nSPS) is 18.4. The molecule has 1 rings (SSSR count). The van der Waals surface area contributed by atoms with Crippen LogP contribution in [-0.4, -0.2) is 35.7 Å². The summed E-state index contributed by atoms with van der Waals surface area (Å²) in [6.07, 6.45) is 1.27. The zero-order valence-corrected chi connectivity index (χ0v) is 9.62. The van der Waals surface area contributed by atoms with E-state index >= 15 is 0 Å². The van der Waals surface area contributed by atoms with Gasteiger partial charge in [0.15, 0.2) is 0 Å². The van der Waals surface area contributed by atoms with Crippen LogP contribution in [0.1, 0.15) is 33.6 Å². The fourth-order valence-corrected chi connectivity index (χ4v) is 1.50. The van der Waals surface area contributed by atoms with Crippen LogP contribution < -0.4 is 0 Å². The number of amides is 1. The minimum atomic E-state index is -0.437. The molecule has 15 heavy (non-hydrogen) atoms. The lowest BCUT2D eigenvalue weighted by molar-refractivity contribution is 0.0213. The summed E-state index contributed by atoms with van der Waals surface area (Å²) in [5.41, 5.74) is -0.437. The Balaban J connectivity index is 2.41. The fourth-order valence-electron chi connectivity index (χ4n) is 1.50. The minimum absolute atomic E-state index is 0.0867. The maximum absolute atomic E-state index is 11.6. The summed E-state index contributed by atoms with van der Waals surface area (Å²) in [5, 5.41) is 0. The molecule has 0 bridgehead atoms. The zero-order valence-electron chi connectivity index (χ0n) is 9.62. The maximum atomic E-state index is 11.6. The van der Waals surface area contributed by atoms with Gasteiger partial charge in [0.25, 0.3) is 0 Å². The monoisotopic (exact) mass is 210 g/mol. The van der Waals surface area contributed by atoms with Crippen LogP contribution in [0.4, 0.5) is 4.79 Å². The van der Waals surface area contributed by atoms with Crippen molar-refractivity contribution in [1.29, 1.82) is 0 Å². The Morgan fingerprint density at radius 2 is 1.93 bits per heavy atom. The van der Waals surface area contributed by atoms with Crippen molar-refractivity contribution in [3.63, 3.8) is 0 Å². The second kappa shape index (κ2) is 4.52. The molecular weight excluding hydrogens is 192 g/mol. The minimum Gasteiger partial charge on any atom is -0.444 e. The molecule has 4 nitrogen and oxygen atoms in total. The number of hydrogen-bond acceptors (Lipinski definition) is 2. The molecule has 1 aliphatic heterocycles. The standard InChI is InChI=1S/C11H18N2O2/c1-11(2,3)15-10(14)13-7-5-9(12-4)6-8-13/h9H,5-8H2,1-3H3. The van der Waals surface area contributed by atoms with E-state index in [2.05, 4.69) is 4.85 Å². The second-order valence-corrected chi connectivity index (χ2v) is 4.83. The van der Waals surface area contributed by atoms with Gasteiger partial charge in [-0.15, -0.1) is 0 Å². The molecule has 0 aliphatic carbocycles. The topological polar surface area (TPSA) is 33.9 Å². The first-order valence-electron chi connectivity index (χ1n) is 5.27. The number of ether oxygens (including phenoxy) is 1. The third-order valence-corrected chi connectivity index (χ3v) is 2.30. The predicted molar refractivity (Wildman–Crippen MR) is 57.4 cm³/mol. The Labute approximate surface area is 91.0 Å². The van der Waals surface area contributed by atoms with Crippen molar-refractivity contribution in [2.45, 2.75) is 45.3 Å². The average Bonchev–Trinajstić information content (AvgIpc) is 2.15. The van der Waals surface area contributed by atoms with Gasteiger partial charge in [-0.05, 0) is 20.8 Å². The zero-order chi connectivity index (χ0) is 11.5. The van der Waals surface area contributed by atoms with Crippen LogP contribution in [0.3, 0.4) is 0 Å². The lowest BCUT2D eigenvalue weighted by atomic mass is 10.1. The lowest BCUT2D eigenvalue weighted by Gasteiger charge is -2.30. The molecule has 1 amide bonds. The van der Waals surface area contributed by atoms with Crippen LogP contribution in [0.15, 0.2) is 0 Å². The van der Waals surface area contributed by atoms with Crippen LogP contribution in [0, 0.1) is 6.57 Å². The van der Waals surface area contributed by atoms with E-state index < -0.39 is 5.60 Å². The quantitative estimate of drug-likeness (QED) is 0.575. The van der Waals surface area contributed by atoms with Crippen molar-refractivity contribution >= 4 is 6.09 Å². The number of likely N-dealkylation sites (tertiary alicyclic amines) is 1. The van der Waals surface area contributed by atoms with E-state index in [0.717, 1.165) is 12.8 Å². The number of rotatable bonds is 0.